The number of halogens is 2. The largest absolute Gasteiger partial charge is 0.497 e. The van der Waals surface area contributed by atoms with E-state index in [1.807, 2.05) is 0 Å². The molecule has 6 heteroatoms. The minimum atomic E-state index is -0.464. The minimum Gasteiger partial charge on any atom is -0.497 e. The van der Waals surface area contributed by atoms with Gasteiger partial charge in [0, 0.05) is 16.8 Å². The Kier molecular flexibility index (Phi) is 5.00. The average molecular weight is 309 g/mol. The molecule has 0 fully saturated rings. The van der Waals surface area contributed by atoms with Gasteiger partial charge in [0.1, 0.15) is 11.6 Å². The van der Waals surface area contributed by atoms with Gasteiger partial charge in [-0.1, -0.05) is 17.7 Å². The lowest BCUT2D eigenvalue weighted by Gasteiger charge is -2.09. The van der Waals surface area contributed by atoms with Crippen molar-refractivity contribution in [3.63, 3.8) is 0 Å². The first kappa shape index (κ1) is 15.1. The molecule has 21 heavy (non-hydrogen) atoms. The van der Waals surface area contributed by atoms with Gasteiger partial charge in [-0.25, -0.2) is 4.39 Å². The number of amides is 1. The van der Waals surface area contributed by atoms with Crippen LogP contribution in [-0.2, 0) is 4.79 Å². The smallest absolute Gasteiger partial charge is 0.243 e. The fraction of sp³-hybridized carbons (Fsp3) is 0.133. The number of hydrogen-bond donors (Lipinski definition) is 2. The van der Waals surface area contributed by atoms with Gasteiger partial charge in [-0.15, -0.1) is 0 Å². The van der Waals surface area contributed by atoms with Gasteiger partial charge in [0.25, 0.3) is 0 Å². The average Bonchev–Trinajstić information content (AvgIpc) is 2.48. The van der Waals surface area contributed by atoms with Gasteiger partial charge >= 0.3 is 0 Å². The number of rotatable bonds is 5. The molecule has 0 aliphatic rings. The lowest BCUT2D eigenvalue weighted by atomic mass is 10.3. The molecule has 2 aromatic carbocycles. The Morgan fingerprint density at radius 3 is 2.86 bits per heavy atom. The van der Waals surface area contributed by atoms with Gasteiger partial charge in [-0.3, -0.25) is 4.79 Å². The second-order valence-electron chi connectivity index (χ2n) is 4.26. The third kappa shape index (κ3) is 4.36. The Balaban J connectivity index is 1.94. The maximum atomic E-state index is 13.5. The Hall–Kier alpha value is -2.27. The van der Waals surface area contributed by atoms with Crippen molar-refractivity contribution in [2.45, 2.75) is 0 Å². The van der Waals surface area contributed by atoms with Crippen molar-refractivity contribution in [2.24, 2.45) is 0 Å². The van der Waals surface area contributed by atoms with Gasteiger partial charge in [0.05, 0.1) is 19.3 Å². The topological polar surface area (TPSA) is 50.4 Å². The van der Waals surface area contributed by atoms with Crippen molar-refractivity contribution in [2.75, 3.05) is 24.3 Å². The Morgan fingerprint density at radius 1 is 1.29 bits per heavy atom. The molecule has 0 radical (unpaired) electrons. The number of ether oxygens (including phenoxy) is 1. The molecular formula is C15H14ClFN2O2. The first-order valence-corrected chi connectivity index (χ1v) is 6.59. The zero-order chi connectivity index (χ0) is 15.2. The summed E-state index contributed by atoms with van der Waals surface area (Å²) in [6.45, 7) is -0.0749. The number of carbonyl (C=O) groups excluding carboxylic acids is 1. The quantitative estimate of drug-likeness (QED) is 0.888. The van der Waals surface area contributed by atoms with Crippen LogP contribution in [-0.4, -0.2) is 19.6 Å². The Bertz CT molecular complexity index is 649. The number of methoxy groups -OCH3 is 1. The number of nitrogens with one attached hydrogen (secondary N) is 2. The van der Waals surface area contributed by atoms with E-state index < -0.39 is 5.82 Å². The van der Waals surface area contributed by atoms with Crippen molar-refractivity contribution in [3.8, 4) is 5.75 Å². The van der Waals surface area contributed by atoms with E-state index in [1.165, 1.54) is 18.2 Å². The van der Waals surface area contributed by atoms with E-state index in [-0.39, 0.29) is 18.1 Å². The number of anilines is 2. The molecule has 2 rings (SSSR count). The van der Waals surface area contributed by atoms with Gasteiger partial charge in [0.2, 0.25) is 5.91 Å². The molecule has 2 N–H and O–H groups in total. The minimum absolute atomic E-state index is 0.0749. The highest BCUT2D eigenvalue weighted by Gasteiger charge is 2.06. The highest BCUT2D eigenvalue weighted by molar-refractivity contribution is 6.30. The van der Waals surface area contributed by atoms with E-state index in [2.05, 4.69) is 10.6 Å². The van der Waals surface area contributed by atoms with Gasteiger partial charge < -0.3 is 15.4 Å². The molecule has 0 aliphatic heterocycles. The van der Waals surface area contributed by atoms with Crippen LogP contribution < -0.4 is 15.4 Å². The summed E-state index contributed by atoms with van der Waals surface area (Å²) < 4.78 is 18.5. The summed E-state index contributed by atoms with van der Waals surface area (Å²) in [6, 6.07) is 11.1. The third-order valence-electron chi connectivity index (χ3n) is 2.72. The number of benzene rings is 2. The predicted molar refractivity (Wildman–Crippen MR) is 81.5 cm³/mol. The third-order valence-corrected chi connectivity index (χ3v) is 2.96. The molecule has 110 valence electrons. The van der Waals surface area contributed by atoms with E-state index in [4.69, 9.17) is 16.3 Å². The van der Waals surface area contributed by atoms with Crippen molar-refractivity contribution >= 4 is 28.9 Å². The molecule has 0 saturated heterocycles. The van der Waals surface area contributed by atoms with Crippen LogP contribution in [0.2, 0.25) is 5.02 Å². The summed E-state index contributed by atoms with van der Waals surface area (Å²) in [5.41, 5.74) is 0.788. The Morgan fingerprint density at radius 2 is 2.10 bits per heavy atom. The van der Waals surface area contributed by atoms with Crippen molar-refractivity contribution < 1.29 is 13.9 Å². The van der Waals surface area contributed by atoms with Crippen molar-refractivity contribution in [1.82, 2.24) is 0 Å². The number of hydrogen-bond acceptors (Lipinski definition) is 3. The van der Waals surface area contributed by atoms with E-state index in [1.54, 1.807) is 31.4 Å². The first-order valence-electron chi connectivity index (χ1n) is 6.21. The molecule has 0 saturated carbocycles. The molecule has 1 amide bonds. The molecule has 0 unspecified atom stereocenters. The van der Waals surface area contributed by atoms with Crippen LogP contribution in [0.1, 0.15) is 0 Å². The molecule has 0 atom stereocenters. The van der Waals surface area contributed by atoms with Gasteiger partial charge in [0.15, 0.2) is 0 Å². The molecule has 0 aromatic heterocycles. The summed E-state index contributed by atoms with van der Waals surface area (Å²) >= 11 is 5.77. The highest BCUT2D eigenvalue weighted by atomic mass is 35.5. The van der Waals surface area contributed by atoms with Crippen LogP contribution in [0.4, 0.5) is 15.8 Å². The Labute approximate surface area is 126 Å². The van der Waals surface area contributed by atoms with Crippen LogP contribution in [0.3, 0.4) is 0 Å². The van der Waals surface area contributed by atoms with E-state index in [0.717, 1.165) is 0 Å². The lowest BCUT2D eigenvalue weighted by molar-refractivity contribution is -0.114. The number of carbonyl (C=O) groups is 1. The van der Waals surface area contributed by atoms with Crippen LogP contribution >= 0.6 is 11.6 Å². The maximum absolute atomic E-state index is 13.5. The molecule has 2 aromatic rings. The standard InChI is InChI=1S/C15H14ClFN2O2/c1-21-12-4-2-3-11(8-12)19-15(20)9-18-14-7-10(16)5-6-13(14)17/h2-8,18H,9H2,1H3,(H,19,20). The summed E-state index contributed by atoms with van der Waals surface area (Å²) in [4.78, 5) is 11.8. The zero-order valence-corrected chi connectivity index (χ0v) is 12.1. The maximum Gasteiger partial charge on any atom is 0.243 e. The van der Waals surface area contributed by atoms with Crippen LogP contribution in [0.25, 0.3) is 0 Å². The molecular weight excluding hydrogens is 295 g/mol. The van der Waals surface area contributed by atoms with Crippen LogP contribution in [0.5, 0.6) is 5.75 Å². The predicted octanol–water partition coefficient (Wildman–Crippen LogP) is 3.54. The van der Waals surface area contributed by atoms with Crippen LogP contribution in [0.15, 0.2) is 42.5 Å². The molecule has 0 bridgehead atoms. The highest BCUT2D eigenvalue weighted by Crippen LogP contribution is 2.19. The van der Waals surface area contributed by atoms with E-state index in [0.29, 0.717) is 16.5 Å². The fourth-order valence-electron chi connectivity index (χ4n) is 1.71. The van der Waals surface area contributed by atoms with Gasteiger partial charge in [-0.05, 0) is 30.3 Å². The first-order chi connectivity index (χ1) is 10.1. The van der Waals surface area contributed by atoms with Crippen LogP contribution in [0, 0.1) is 5.82 Å². The summed E-state index contributed by atoms with van der Waals surface area (Å²) in [6.07, 6.45) is 0. The molecule has 4 nitrogen and oxygen atoms in total. The second kappa shape index (κ2) is 6.95. The summed E-state index contributed by atoms with van der Waals surface area (Å²) in [7, 11) is 1.55. The zero-order valence-electron chi connectivity index (χ0n) is 11.3. The fourth-order valence-corrected chi connectivity index (χ4v) is 1.89. The molecule has 0 heterocycles. The lowest BCUT2D eigenvalue weighted by Crippen LogP contribution is -2.22. The van der Waals surface area contributed by atoms with Gasteiger partial charge in [-0.2, -0.15) is 0 Å². The van der Waals surface area contributed by atoms with Crippen molar-refractivity contribution in [1.29, 1.82) is 0 Å². The SMILES string of the molecule is COc1cccc(NC(=O)CNc2cc(Cl)ccc2F)c1. The summed E-state index contributed by atoms with van der Waals surface area (Å²) in [5, 5.41) is 5.78. The van der Waals surface area contributed by atoms with Crippen molar-refractivity contribution in [3.05, 3.63) is 53.3 Å². The normalized spacial score (nSPS) is 10.0. The molecule has 0 spiro atoms. The van der Waals surface area contributed by atoms with E-state index >= 15 is 0 Å². The monoisotopic (exact) mass is 308 g/mol. The molecule has 0 aliphatic carbocycles. The van der Waals surface area contributed by atoms with E-state index in [9.17, 15) is 9.18 Å². The second-order valence-corrected chi connectivity index (χ2v) is 4.69. The summed E-state index contributed by atoms with van der Waals surface area (Å²) in [5.74, 6) is -0.127.